The summed E-state index contributed by atoms with van der Waals surface area (Å²) < 4.78 is 14.1. The summed E-state index contributed by atoms with van der Waals surface area (Å²) >= 11 is 5.18. The van der Waals surface area contributed by atoms with Gasteiger partial charge >= 0.3 is 5.97 Å². The van der Waals surface area contributed by atoms with Gasteiger partial charge in [-0.15, -0.1) is 0 Å². The number of ether oxygens (including phenoxy) is 2. The van der Waals surface area contributed by atoms with E-state index in [4.69, 9.17) is 14.5 Å². The van der Waals surface area contributed by atoms with Crippen LogP contribution in [0.2, 0.25) is 0 Å². The minimum absolute atomic E-state index is 0.225. The molecule has 1 aromatic heterocycles. The predicted molar refractivity (Wildman–Crippen MR) is 125 cm³/mol. The molecule has 160 valence electrons. The standard InChI is InChI=1S/C23H27BrN2O3S/c1-4-28-22(27)18-8-11-21-20(14-18)25-23(26(21)12-5-13-29-16(2)3)30-15-17-6-9-19(24)10-7-17/h6-11,14,16H,4-5,12-13,15H2,1-3H3. The maximum absolute atomic E-state index is 12.1. The van der Waals surface area contributed by atoms with Gasteiger partial charge in [0.25, 0.3) is 0 Å². The van der Waals surface area contributed by atoms with E-state index in [9.17, 15) is 4.79 Å². The Labute approximate surface area is 190 Å². The van der Waals surface area contributed by atoms with E-state index in [1.165, 1.54) is 5.56 Å². The number of aryl methyl sites for hydroxylation is 1. The zero-order chi connectivity index (χ0) is 21.5. The van der Waals surface area contributed by atoms with Crippen LogP contribution in [-0.4, -0.2) is 34.8 Å². The molecule has 3 aromatic rings. The van der Waals surface area contributed by atoms with Crippen LogP contribution in [0.25, 0.3) is 11.0 Å². The molecule has 0 N–H and O–H groups in total. The van der Waals surface area contributed by atoms with E-state index >= 15 is 0 Å². The molecule has 0 atom stereocenters. The molecule has 2 aromatic carbocycles. The smallest absolute Gasteiger partial charge is 0.338 e. The average Bonchev–Trinajstić information content (AvgIpc) is 3.07. The highest BCUT2D eigenvalue weighted by Crippen LogP contribution is 2.28. The summed E-state index contributed by atoms with van der Waals surface area (Å²) in [5.74, 6) is 0.507. The second-order valence-electron chi connectivity index (χ2n) is 7.16. The van der Waals surface area contributed by atoms with Crippen LogP contribution in [0.1, 0.15) is 43.1 Å². The van der Waals surface area contributed by atoms with Gasteiger partial charge in [-0.05, 0) is 63.1 Å². The maximum atomic E-state index is 12.1. The van der Waals surface area contributed by atoms with Crippen LogP contribution in [0, 0.1) is 0 Å². The number of imidazole rings is 1. The Bertz CT molecular complexity index is 986. The zero-order valence-electron chi connectivity index (χ0n) is 17.6. The summed E-state index contributed by atoms with van der Waals surface area (Å²) in [6.07, 6.45) is 1.12. The highest BCUT2D eigenvalue weighted by Gasteiger charge is 2.15. The third-order valence-corrected chi connectivity index (χ3v) is 6.06. The van der Waals surface area contributed by atoms with E-state index in [0.29, 0.717) is 18.8 Å². The Hall–Kier alpha value is -1.83. The predicted octanol–water partition coefficient (Wildman–Crippen LogP) is 6.08. The molecule has 0 fully saturated rings. The van der Waals surface area contributed by atoms with Crippen molar-refractivity contribution in [3.8, 4) is 0 Å². The number of thioether (sulfide) groups is 1. The minimum Gasteiger partial charge on any atom is -0.462 e. The fraction of sp³-hybridized carbons (Fsp3) is 0.391. The molecule has 0 aliphatic carbocycles. The van der Waals surface area contributed by atoms with Gasteiger partial charge in [0, 0.05) is 23.4 Å². The van der Waals surface area contributed by atoms with Gasteiger partial charge in [0.1, 0.15) is 0 Å². The molecule has 3 rings (SSSR count). The van der Waals surface area contributed by atoms with E-state index in [-0.39, 0.29) is 12.1 Å². The molecule has 5 nitrogen and oxygen atoms in total. The Morgan fingerprint density at radius 2 is 1.97 bits per heavy atom. The van der Waals surface area contributed by atoms with Gasteiger partial charge in [0.15, 0.2) is 5.16 Å². The Morgan fingerprint density at radius 1 is 1.20 bits per heavy atom. The van der Waals surface area contributed by atoms with Gasteiger partial charge in [-0.3, -0.25) is 0 Å². The summed E-state index contributed by atoms with van der Waals surface area (Å²) in [6, 6.07) is 13.9. The third-order valence-electron chi connectivity index (χ3n) is 4.48. The number of fused-ring (bicyclic) bond motifs is 1. The van der Waals surface area contributed by atoms with Crippen molar-refractivity contribution in [1.29, 1.82) is 0 Å². The van der Waals surface area contributed by atoms with Crippen molar-refractivity contribution >= 4 is 44.7 Å². The first kappa shape index (κ1) is 22.8. The van der Waals surface area contributed by atoms with Crippen LogP contribution in [0.3, 0.4) is 0 Å². The zero-order valence-corrected chi connectivity index (χ0v) is 20.0. The van der Waals surface area contributed by atoms with E-state index in [0.717, 1.165) is 39.4 Å². The van der Waals surface area contributed by atoms with E-state index in [2.05, 4.69) is 32.6 Å². The second kappa shape index (κ2) is 11.0. The summed E-state index contributed by atoms with van der Waals surface area (Å²) in [7, 11) is 0. The van der Waals surface area contributed by atoms with Gasteiger partial charge in [-0.1, -0.05) is 39.8 Å². The lowest BCUT2D eigenvalue weighted by atomic mass is 10.2. The SMILES string of the molecule is CCOC(=O)c1ccc2c(c1)nc(SCc1ccc(Br)cc1)n2CCCOC(C)C. The van der Waals surface area contributed by atoms with Crippen molar-refractivity contribution in [3.63, 3.8) is 0 Å². The first-order chi connectivity index (χ1) is 14.5. The number of aromatic nitrogens is 2. The first-order valence-corrected chi connectivity index (χ1v) is 11.9. The number of nitrogens with zero attached hydrogens (tertiary/aromatic N) is 2. The topological polar surface area (TPSA) is 53.3 Å². The van der Waals surface area contributed by atoms with Crippen molar-refractivity contribution in [2.24, 2.45) is 0 Å². The van der Waals surface area contributed by atoms with E-state index in [1.54, 1.807) is 18.7 Å². The molecular formula is C23H27BrN2O3S. The molecule has 0 aliphatic heterocycles. The average molecular weight is 491 g/mol. The van der Waals surface area contributed by atoms with Crippen molar-refractivity contribution in [2.45, 2.75) is 50.8 Å². The molecule has 0 bridgehead atoms. The number of carbonyl (C=O) groups excluding carboxylic acids is 1. The Morgan fingerprint density at radius 3 is 2.67 bits per heavy atom. The van der Waals surface area contributed by atoms with Crippen molar-refractivity contribution < 1.29 is 14.3 Å². The monoisotopic (exact) mass is 490 g/mol. The molecule has 7 heteroatoms. The number of halogens is 1. The molecular weight excluding hydrogens is 464 g/mol. The largest absolute Gasteiger partial charge is 0.462 e. The van der Waals surface area contributed by atoms with Crippen LogP contribution in [-0.2, 0) is 21.8 Å². The highest BCUT2D eigenvalue weighted by molar-refractivity contribution is 9.10. The number of esters is 1. The molecule has 0 saturated heterocycles. The highest BCUT2D eigenvalue weighted by atomic mass is 79.9. The molecule has 0 spiro atoms. The van der Waals surface area contributed by atoms with E-state index < -0.39 is 0 Å². The summed E-state index contributed by atoms with van der Waals surface area (Å²) in [4.78, 5) is 16.9. The number of rotatable bonds is 10. The van der Waals surface area contributed by atoms with Crippen molar-refractivity contribution in [1.82, 2.24) is 9.55 Å². The van der Waals surface area contributed by atoms with Gasteiger partial charge in [0.05, 0.1) is 29.3 Å². The molecule has 30 heavy (non-hydrogen) atoms. The van der Waals surface area contributed by atoms with Gasteiger partial charge in [-0.25, -0.2) is 9.78 Å². The number of hydrogen-bond acceptors (Lipinski definition) is 5. The van der Waals surface area contributed by atoms with Gasteiger partial charge in [-0.2, -0.15) is 0 Å². The quantitative estimate of drug-likeness (QED) is 0.195. The van der Waals surface area contributed by atoms with Crippen molar-refractivity contribution in [2.75, 3.05) is 13.2 Å². The lowest BCUT2D eigenvalue weighted by Gasteiger charge is -2.11. The second-order valence-corrected chi connectivity index (χ2v) is 9.02. The molecule has 0 aliphatic rings. The molecule has 0 unspecified atom stereocenters. The van der Waals surface area contributed by atoms with Crippen molar-refractivity contribution in [3.05, 3.63) is 58.1 Å². The molecule has 1 heterocycles. The molecule has 0 amide bonds. The fourth-order valence-corrected chi connectivity index (χ4v) is 4.31. The van der Waals surface area contributed by atoms with Crippen LogP contribution in [0.4, 0.5) is 0 Å². The van der Waals surface area contributed by atoms with E-state index in [1.807, 2.05) is 44.2 Å². The van der Waals surface area contributed by atoms with Crippen LogP contribution in [0.15, 0.2) is 52.1 Å². The van der Waals surface area contributed by atoms with Crippen LogP contribution >= 0.6 is 27.7 Å². The maximum Gasteiger partial charge on any atom is 0.338 e. The normalized spacial score (nSPS) is 11.4. The summed E-state index contributed by atoms with van der Waals surface area (Å²) in [6.45, 7) is 7.77. The number of carbonyl (C=O) groups is 1. The van der Waals surface area contributed by atoms with Crippen LogP contribution < -0.4 is 0 Å². The first-order valence-electron chi connectivity index (χ1n) is 10.1. The lowest BCUT2D eigenvalue weighted by Crippen LogP contribution is -2.08. The van der Waals surface area contributed by atoms with Crippen LogP contribution in [0.5, 0.6) is 0 Å². The minimum atomic E-state index is -0.316. The number of benzene rings is 2. The fourth-order valence-electron chi connectivity index (χ4n) is 3.05. The molecule has 0 radical (unpaired) electrons. The third kappa shape index (κ3) is 6.09. The summed E-state index contributed by atoms with van der Waals surface area (Å²) in [5, 5.41) is 0.943. The van der Waals surface area contributed by atoms with Gasteiger partial charge < -0.3 is 14.0 Å². The molecule has 0 saturated carbocycles. The van der Waals surface area contributed by atoms with Gasteiger partial charge in [0.2, 0.25) is 0 Å². The Balaban J connectivity index is 1.84. The lowest BCUT2D eigenvalue weighted by molar-refractivity contribution is 0.0526. The Kier molecular flexibility index (Phi) is 8.36. The number of hydrogen-bond donors (Lipinski definition) is 0. The summed E-state index contributed by atoms with van der Waals surface area (Å²) in [5.41, 5.74) is 3.59.